The molecule has 1 amide bonds. The summed E-state index contributed by atoms with van der Waals surface area (Å²) in [7, 11) is -12.1. The van der Waals surface area contributed by atoms with Gasteiger partial charge >= 0.3 is 0 Å². The second kappa shape index (κ2) is 32.2. The summed E-state index contributed by atoms with van der Waals surface area (Å²) in [6, 6.07) is 0. The fraction of sp³-hybridized carbons (Fsp3) is 0.925. The molecule has 0 aromatic carbocycles. The zero-order chi connectivity index (χ0) is 44.8. The van der Waals surface area contributed by atoms with Crippen LogP contribution in [0.3, 0.4) is 0 Å². The molecule has 0 spiro atoms. The lowest BCUT2D eigenvalue weighted by Gasteiger charge is -2.56. The number of amides is 1. The van der Waals surface area contributed by atoms with E-state index in [1.165, 1.54) is 130 Å². The number of carbonyl (C=O) groups is 1. The first-order chi connectivity index (χ1) is 25.3. The van der Waals surface area contributed by atoms with Crippen LogP contribution in [-0.2, 0) is 13.9 Å². The number of hydrogen-bond acceptors (Lipinski definition) is 8. The molecule has 0 aromatic rings. The van der Waals surface area contributed by atoms with Crippen molar-refractivity contribution in [3.05, 3.63) is 12.2 Å². The van der Waals surface area contributed by atoms with Gasteiger partial charge < -0.3 is 57.1 Å². The highest BCUT2D eigenvalue weighted by Gasteiger charge is 2.34. The summed E-state index contributed by atoms with van der Waals surface area (Å²) in [5, 5.41) is 7.59. The van der Waals surface area contributed by atoms with Crippen LogP contribution in [0, 0.1) is 0 Å². The van der Waals surface area contributed by atoms with Crippen molar-refractivity contribution in [1.29, 1.82) is 0 Å². The molecule has 0 radical (unpaired) electrons. The molecule has 0 saturated heterocycles. The first-order valence-electron chi connectivity index (χ1n) is 21.4. The van der Waals surface area contributed by atoms with Gasteiger partial charge in [0.05, 0.1) is 105 Å². The number of nitrogens with one attached hydrogen (secondary N) is 1. The summed E-state index contributed by atoms with van der Waals surface area (Å²) in [6.07, 6.45) is -1.50. The topological polar surface area (TPSA) is 176 Å². The Hall–Kier alpha value is -0.690. The van der Waals surface area contributed by atoms with Crippen molar-refractivity contribution < 1.29 is 56.5 Å². The summed E-state index contributed by atoms with van der Waals surface area (Å²) in [5.74, 6) is -0.566. The van der Waals surface area contributed by atoms with E-state index in [1.807, 2.05) is 0 Å². The maximum absolute atomic E-state index is 11.0. The third-order valence-electron chi connectivity index (χ3n) is 13.0. The summed E-state index contributed by atoms with van der Waals surface area (Å²) in [6.45, 7) is 61.4. The van der Waals surface area contributed by atoms with E-state index in [1.54, 1.807) is 0 Å². The first kappa shape index (κ1) is 63.5. The van der Waals surface area contributed by atoms with Crippen LogP contribution in [0.4, 0.5) is 0 Å². The van der Waals surface area contributed by atoms with E-state index in [9.17, 15) is 38.6 Å². The van der Waals surface area contributed by atoms with E-state index in [0.717, 1.165) is 0 Å². The minimum absolute atomic E-state index is 0.159. The SMILES string of the molecule is C=C(C)C(=O)NCCCC(O)(P(=O)([O-])[O-])P(=O)([O-])[O-].CC[N+](CC)(CC)CC.CC[N+](CC)(CC)CC.CC[N+](CC)(CC)CC.CC[N+](CC)(CC)CC. The van der Waals surface area contributed by atoms with E-state index in [-0.39, 0.29) is 12.1 Å². The number of rotatable bonds is 23. The van der Waals surface area contributed by atoms with Gasteiger partial charge in [-0.25, -0.2) is 0 Å². The predicted octanol–water partition coefficient (Wildman–Crippen LogP) is 4.46. The van der Waals surface area contributed by atoms with Crippen LogP contribution in [0.25, 0.3) is 0 Å². The molecule has 0 bridgehead atoms. The summed E-state index contributed by atoms with van der Waals surface area (Å²) in [4.78, 5) is 53.8. The molecule has 0 aliphatic heterocycles. The Balaban J connectivity index is -0.000000199. The zero-order valence-electron chi connectivity index (χ0n) is 39.1. The van der Waals surface area contributed by atoms with Crippen molar-refractivity contribution >= 4 is 21.1 Å². The van der Waals surface area contributed by atoms with Crippen molar-refractivity contribution in [3.63, 3.8) is 0 Å². The van der Waals surface area contributed by atoms with Crippen LogP contribution in [0.15, 0.2) is 12.2 Å². The molecule has 13 nitrogen and oxygen atoms in total. The fourth-order valence-electron chi connectivity index (χ4n) is 6.47. The summed E-state index contributed by atoms with van der Waals surface area (Å²) >= 11 is 0. The van der Waals surface area contributed by atoms with Gasteiger partial charge in [0.2, 0.25) is 5.91 Å². The van der Waals surface area contributed by atoms with E-state index in [0.29, 0.717) is 0 Å². The Morgan fingerprint density at radius 2 is 0.691 bits per heavy atom. The van der Waals surface area contributed by atoms with Crippen LogP contribution in [-0.4, -0.2) is 145 Å². The highest BCUT2D eigenvalue weighted by molar-refractivity contribution is 7.69. The Kier molecular flexibility index (Phi) is 37.2. The van der Waals surface area contributed by atoms with Crippen LogP contribution < -0.4 is 24.9 Å². The van der Waals surface area contributed by atoms with Crippen molar-refractivity contribution in [3.8, 4) is 0 Å². The average Bonchev–Trinajstić information content (AvgIpc) is 3.18. The molecule has 15 heteroatoms. The minimum atomic E-state index is -6.06. The van der Waals surface area contributed by atoms with Crippen molar-refractivity contribution in [1.82, 2.24) is 5.32 Å². The lowest BCUT2D eigenvalue weighted by Crippen LogP contribution is -2.47. The molecular formula is C40H93N5O8P2. The maximum Gasteiger partial charge on any atom is 0.246 e. The molecule has 0 aliphatic rings. The Morgan fingerprint density at radius 3 is 0.800 bits per heavy atom. The highest BCUT2D eigenvalue weighted by Crippen LogP contribution is 2.61. The monoisotopic (exact) mass is 834 g/mol. The largest absolute Gasteiger partial charge is 0.808 e. The third kappa shape index (κ3) is 23.5. The Bertz CT molecular complexity index is 880. The standard InChI is InChI=1S/C8H17NO8P2.4C8H20N/c1-6(2)7(10)9-5-3-4-8(11,18(12,13)14)19(15,16)17;4*1-5-9(6-2,7-3)8-4/h11H,1,3-5H2,2H3,(H,9,10)(H2,12,13,14)(H2,15,16,17);4*5-8H2,1-4H3/q;4*+1/p-4. The molecule has 2 N–H and O–H groups in total. The smallest absolute Gasteiger partial charge is 0.246 e. The van der Waals surface area contributed by atoms with Gasteiger partial charge in [-0.3, -0.25) is 4.79 Å². The van der Waals surface area contributed by atoms with Crippen LogP contribution in [0.1, 0.15) is 131 Å². The molecule has 0 aliphatic carbocycles. The van der Waals surface area contributed by atoms with E-state index in [4.69, 9.17) is 0 Å². The molecule has 0 aromatic heterocycles. The molecule has 336 valence electrons. The van der Waals surface area contributed by atoms with Gasteiger partial charge in [-0.15, -0.1) is 0 Å². The van der Waals surface area contributed by atoms with Crippen LogP contribution >= 0.6 is 15.2 Å². The second-order valence-corrected chi connectivity index (χ2v) is 18.2. The molecule has 0 saturated carbocycles. The van der Waals surface area contributed by atoms with Crippen LogP contribution in [0.2, 0.25) is 0 Å². The Morgan fingerprint density at radius 1 is 0.509 bits per heavy atom. The zero-order valence-corrected chi connectivity index (χ0v) is 40.9. The van der Waals surface area contributed by atoms with Crippen LogP contribution in [0.5, 0.6) is 0 Å². The maximum atomic E-state index is 11.0. The van der Waals surface area contributed by atoms with Gasteiger partial charge in [0, 0.05) is 12.1 Å². The quantitative estimate of drug-likeness (QED) is 0.0657. The lowest BCUT2D eigenvalue weighted by molar-refractivity contribution is -0.921. The van der Waals surface area contributed by atoms with Crippen molar-refractivity contribution in [2.24, 2.45) is 0 Å². The van der Waals surface area contributed by atoms with Gasteiger partial charge in [-0.05, 0) is 146 Å². The normalized spacial score (nSPS) is 12.4. The number of carbonyl (C=O) groups excluding carboxylic acids is 1. The summed E-state index contributed by atoms with van der Waals surface area (Å²) < 4.78 is 26.5. The summed E-state index contributed by atoms with van der Waals surface area (Å²) in [5.41, 5.74) is 0.159. The second-order valence-electron chi connectivity index (χ2n) is 14.3. The van der Waals surface area contributed by atoms with E-state index in [2.05, 4.69) is 123 Å². The molecular weight excluding hydrogens is 740 g/mol. The number of hydrogen-bond donors (Lipinski definition) is 2. The van der Waals surface area contributed by atoms with E-state index < -0.39 is 39.0 Å². The third-order valence-corrected chi connectivity index (χ3v) is 16.6. The van der Waals surface area contributed by atoms with Crippen molar-refractivity contribution in [2.45, 2.75) is 136 Å². The highest BCUT2D eigenvalue weighted by atomic mass is 31.2. The van der Waals surface area contributed by atoms with Gasteiger partial charge in [-0.2, -0.15) is 0 Å². The fourth-order valence-corrected chi connectivity index (χ4v) is 8.53. The van der Waals surface area contributed by atoms with Gasteiger partial charge in [0.25, 0.3) is 0 Å². The molecule has 0 unspecified atom stereocenters. The molecule has 0 heterocycles. The van der Waals surface area contributed by atoms with E-state index >= 15 is 0 Å². The molecule has 0 atom stereocenters. The van der Waals surface area contributed by atoms with Crippen molar-refractivity contribution in [2.75, 3.05) is 111 Å². The van der Waals surface area contributed by atoms with Gasteiger partial charge in [0.15, 0.2) is 0 Å². The van der Waals surface area contributed by atoms with Gasteiger partial charge in [-0.1, -0.05) is 6.58 Å². The number of quaternary nitrogens is 4. The number of nitrogens with zero attached hydrogens (tertiary/aromatic N) is 4. The molecule has 0 fully saturated rings. The molecule has 55 heavy (non-hydrogen) atoms. The Labute approximate surface area is 341 Å². The lowest BCUT2D eigenvalue weighted by atomic mass is 10.3. The minimum Gasteiger partial charge on any atom is -0.808 e. The molecule has 0 rings (SSSR count). The number of aliphatic hydroxyl groups is 1. The van der Waals surface area contributed by atoms with Gasteiger partial charge in [0.1, 0.15) is 5.08 Å². The first-order valence-corrected chi connectivity index (χ1v) is 24.5. The predicted molar refractivity (Wildman–Crippen MR) is 227 cm³/mol. The average molecular weight is 834 g/mol.